The summed E-state index contributed by atoms with van der Waals surface area (Å²) in [5.41, 5.74) is 3.33. The molecule has 0 aliphatic carbocycles. The van der Waals surface area contributed by atoms with Crippen molar-refractivity contribution in [3.8, 4) is 0 Å². The van der Waals surface area contributed by atoms with Gasteiger partial charge >= 0.3 is 11.8 Å². The van der Waals surface area contributed by atoms with Crippen molar-refractivity contribution in [2.75, 3.05) is 49.3 Å². The minimum Gasteiger partial charge on any atom is -0.378 e. The van der Waals surface area contributed by atoms with Crippen molar-refractivity contribution < 1.29 is 14.4 Å². The average molecular weight is 438 g/mol. The van der Waals surface area contributed by atoms with Crippen LogP contribution < -0.4 is 20.9 Å². The molecule has 3 rings (SSSR count). The van der Waals surface area contributed by atoms with Gasteiger partial charge in [0.2, 0.25) is 5.91 Å². The monoisotopic (exact) mass is 437 g/mol. The molecule has 2 aromatic rings. The average Bonchev–Trinajstić information content (AvgIpc) is 3.29. The van der Waals surface area contributed by atoms with Crippen molar-refractivity contribution in [1.29, 1.82) is 0 Å². The summed E-state index contributed by atoms with van der Waals surface area (Å²) in [4.78, 5) is 40.3. The fourth-order valence-electron chi connectivity index (χ4n) is 3.80. The summed E-state index contributed by atoms with van der Waals surface area (Å²) in [7, 11) is 4.00. The van der Waals surface area contributed by atoms with Gasteiger partial charge in [0.05, 0.1) is 6.04 Å². The minimum atomic E-state index is -0.722. The Morgan fingerprint density at radius 2 is 1.44 bits per heavy atom. The highest BCUT2D eigenvalue weighted by Crippen LogP contribution is 2.26. The zero-order valence-electron chi connectivity index (χ0n) is 18.9. The predicted molar refractivity (Wildman–Crippen MR) is 127 cm³/mol. The maximum absolute atomic E-state index is 12.4. The van der Waals surface area contributed by atoms with Crippen LogP contribution in [0.25, 0.3) is 0 Å². The van der Waals surface area contributed by atoms with Crippen LogP contribution in [-0.2, 0) is 14.4 Å². The van der Waals surface area contributed by atoms with E-state index in [2.05, 4.69) is 45.1 Å². The predicted octanol–water partition coefficient (Wildman–Crippen LogP) is 2.60. The molecule has 0 aromatic heterocycles. The molecule has 1 saturated heterocycles. The second kappa shape index (κ2) is 10.8. The molecule has 0 saturated carbocycles. The van der Waals surface area contributed by atoms with Crippen molar-refractivity contribution in [3.05, 3.63) is 54.1 Å². The van der Waals surface area contributed by atoms with Crippen LogP contribution in [0.4, 0.5) is 17.1 Å². The van der Waals surface area contributed by atoms with Gasteiger partial charge in [-0.05, 0) is 67.9 Å². The van der Waals surface area contributed by atoms with E-state index in [0.717, 1.165) is 37.2 Å². The van der Waals surface area contributed by atoms with Crippen molar-refractivity contribution in [1.82, 2.24) is 10.2 Å². The van der Waals surface area contributed by atoms with E-state index in [-0.39, 0.29) is 11.9 Å². The number of likely N-dealkylation sites (tertiary alicyclic amines) is 1. The standard InChI is InChI=1S/C24H31N5O3/c1-17(30)26-19-8-10-20(11-9-19)27-24(32)23(31)25-16-22(29-14-4-5-15-29)18-6-12-21(13-7-18)28(2)3/h6-13,22H,4-5,14-16H2,1-3H3,(H,25,31)(H,26,30)(H,27,32). The van der Waals surface area contributed by atoms with Crippen LogP contribution in [0.2, 0.25) is 0 Å². The number of hydrogen-bond acceptors (Lipinski definition) is 5. The summed E-state index contributed by atoms with van der Waals surface area (Å²) < 4.78 is 0. The van der Waals surface area contributed by atoms with E-state index in [9.17, 15) is 14.4 Å². The van der Waals surface area contributed by atoms with E-state index < -0.39 is 11.8 Å². The normalized spacial score (nSPS) is 14.5. The molecule has 8 nitrogen and oxygen atoms in total. The first-order valence-electron chi connectivity index (χ1n) is 10.8. The highest BCUT2D eigenvalue weighted by atomic mass is 16.2. The molecule has 8 heteroatoms. The molecule has 3 N–H and O–H groups in total. The Kier molecular flexibility index (Phi) is 7.83. The summed E-state index contributed by atoms with van der Waals surface area (Å²) in [5, 5.41) is 8.04. The summed E-state index contributed by atoms with van der Waals surface area (Å²) in [6, 6.07) is 14.9. The van der Waals surface area contributed by atoms with Gasteiger partial charge in [0, 0.05) is 44.6 Å². The molecule has 1 heterocycles. The van der Waals surface area contributed by atoms with Gasteiger partial charge in [-0.1, -0.05) is 12.1 Å². The molecule has 1 aliphatic rings. The molecular formula is C24H31N5O3. The molecular weight excluding hydrogens is 406 g/mol. The summed E-state index contributed by atoms with van der Waals surface area (Å²) in [6.07, 6.45) is 2.27. The number of nitrogens with zero attached hydrogens (tertiary/aromatic N) is 2. The van der Waals surface area contributed by atoms with Crippen LogP contribution in [-0.4, -0.2) is 56.4 Å². The number of nitrogens with one attached hydrogen (secondary N) is 3. The highest BCUT2D eigenvalue weighted by molar-refractivity contribution is 6.39. The van der Waals surface area contributed by atoms with Crippen LogP contribution in [0.5, 0.6) is 0 Å². The first kappa shape index (κ1) is 23.3. The number of hydrogen-bond donors (Lipinski definition) is 3. The van der Waals surface area contributed by atoms with Gasteiger partial charge in [0.25, 0.3) is 0 Å². The van der Waals surface area contributed by atoms with E-state index in [4.69, 9.17) is 0 Å². The Labute approximate surface area is 189 Å². The molecule has 3 amide bonds. The van der Waals surface area contributed by atoms with Crippen molar-refractivity contribution in [3.63, 3.8) is 0 Å². The van der Waals surface area contributed by atoms with E-state index in [0.29, 0.717) is 17.9 Å². The molecule has 0 spiro atoms. The number of carbonyl (C=O) groups is 3. The Morgan fingerprint density at radius 1 is 0.875 bits per heavy atom. The minimum absolute atomic E-state index is 0.0161. The lowest BCUT2D eigenvalue weighted by Gasteiger charge is -2.28. The zero-order chi connectivity index (χ0) is 23.1. The maximum Gasteiger partial charge on any atom is 0.313 e. The second-order valence-corrected chi connectivity index (χ2v) is 8.17. The van der Waals surface area contributed by atoms with Crippen molar-refractivity contribution in [2.45, 2.75) is 25.8 Å². The van der Waals surface area contributed by atoms with E-state index >= 15 is 0 Å². The van der Waals surface area contributed by atoms with E-state index in [1.165, 1.54) is 6.92 Å². The van der Waals surface area contributed by atoms with E-state index in [1.54, 1.807) is 24.3 Å². The summed E-state index contributed by atoms with van der Waals surface area (Å²) >= 11 is 0. The smallest absolute Gasteiger partial charge is 0.313 e. The first-order chi connectivity index (χ1) is 15.3. The lowest BCUT2D eigenvalue weighted by atomic mass is 10.0. The molecule has 1 atom stereocenters. The maximum atomic E-state index is 12.4. The zero-order valence-corrected chi connectivity index (χ0v) is 18.9. The molecule has 1 aliphatic heterocycles. The lowest BCUT2D eigenvalue weighted by molar-refractivity contribution is -0.136. The van der Waals surface area contributed by atoms with Gasteiger partial charge in [-0.25, -0.2) is 0 Å². The van der Waals surface area contributed by atoms with Crippen LogP contribution in [0.1, 0.15) is 31.4 Å². The Morgan fingerprint density at radius 3 is 1.97 bits per heavy atom. The Hall–Kier alpha value is -3.39. The number of anilines is 3. The van der Waals surface area contributed by atoms with Crippen LogP contribution in [0.3, 0.4) is 0 Å². The lowest BCUT2D eigenvalue weighted by Crippen LogP contribution is -2.41. The molecule has 0 radical (unpaired) electrons. The Bertz CT molecular complexity index is 935. The van der Waals surface area contributed by atoms with Crippen LogP contribution in [0.15, 0.2) is 48.5 Å². The third kappa shape index (κ3) is 6.31. The molecule has 1 fully saturated rings. The third-order valence-corrected chi connectivity index (χ3v) is 5.50. The van der Waals surface area contributed by atoms with Gasteiger partial charge in [0.15, 0.2) is 0 Å². The van der Waals surface area contributed by atoms with Gasteiger partial charge in [-0.3, -0.25) is 19.3 Å². The molecule has 2 aromatic carbocycles. The molecule has 32 heavy (non-hydrogen) atoms. The first-order valence-corrected chi connectivity index (χ1v) is 10.8. The van der Waals surface area contributed by atoms with Crippen LogP contribution in [0, 0.1) is 0 Å². The number of rotatable bonds is 7. The van der Waals surface area contributed by atoms with Gasteiger partial charge in [0.1, 0.15) is 0 Å². The van der Waals surface area contributed by atoms with Crippen molar-refractivity contribution >= 4 is 34.8 Å². The van der Waals surface area contributed by atoms with Crippen LogP contribution >= 0.6 is 0 Å². The highest BCUT2D eigenvalue weighted by Gasteiger charge is 2.25. The SMILES string of the molecule is CC(=O)Nc1ccc(NC(=O)C(=O)NCC(c2ccc(N(C)C)cc2)N2CCCC2)cc1. The largest absolute Gasteiger partial charge is 0.378 e. The van der Waals surface area contributed by atoms with Crippen molar-refractivity contribution in [2.24, 2.45) is 0 Å². The quantitative estimate of drug-likeness (QED) is 0.579. The second-order valence-electron chi connectivity index (χ2n) is 8.17. The molecule has 0 bridgehead atoms. The van der Waals surface area contributed by atoms with Gasteiger partial charge in [-0.2, -0.15) is 0 Å². The van der Waals surface area contributed by atoms with E-state index in [1.807, 2.05) is 19.0 Å². The summed E-state index contributed by atoms with van der Waals surface area (Å²) in [5.74, 6) is -1.57. The number of carbonyl (C=O) groups excluding carboxylic acids is 3. The third-order valence-electron chi connectivity index (χ3n) is 5.50. The Balaban J connectivity index is 1.60. The van der Waals surface area contributed by atoms with Gasteiger partial charge < -0.3 is 20.9 Å². The molecule has 170 valence electrons. The van der Waals surface area contributed by atoms with Gasteiger partial charge in [-0.15, -0.1) is 0 Å². The number of benzene rings is 2. The summed E-state index contributed by atoms with van der Waals surface area (Å²) in [6.45, 7) is 3.73. The number of amides is 3. The fraction of sp³-hybridized carbons (Fsp3) is 0.375. The molecule has 1 unspecified atom stereocenters. The topological polar surface area (TPSA) is 93.8 Å². The fourth-order valence-corrected chi connectivity index (χ4v) is 3.80.